The average molecular weight is 420 g/mol. The van der Waals surface area contributed by atoms with Gasteiger partial charge in [-0.2, -0.15) is 0 Å². The lowest BCUT2D eigenvalue weighted by Crippen LogP contribution is -2.29. The molecule has 0 radical (unpaired) electrons. The third-order valence-corrected chi connectivity index (χ3v) is 5.06. The second kappa shape index (κ2) is 7.98. The van der Waals surface area contributed by atoms with Crippen LogP contribution in [0.4, 0.5) is 5.82 Å². The van der Waals surface area contributed by atoms with E-state index >= 15 is 0 Å². The minimum Gasteiger partial charge on any atom is -0.507 e. The van der Waals surface area contributed by atoms with Gasteiger partial charge in [0.1, 0.15) is 23.0 Å². The summed E-state index contributed by atoms with van der Waals surface area (Å²) in [4.78, 5) is 27.3. The van der Waals surface area contributed by atoms with Crippen LogP contribution in [0, 0.1) is 6.92 Å². The van der Waals surface area contributed by atoms with Crippen LogP contribution in [0.15, 0.2) is 64.7 Å². The van der Waals surface area contributed by atoms with E-state index in [4.69, 9.17) is 14.0 Å². The number of amides is 1. The Hall–Kier alpha value is -4.07. The van der Waals surface area contributed by atoms with E-state index in [1.165, 1.54) is 19.1 Å². The molecule has 3 aromatic rings. The SMILES string of the molecule is COc1cccc(C(O)=C2C(=O)C(=O)N(c3cc(C)on3)[C@@H]2c2cccc(OC)c2)c1. The maximum atomic E-state index is 13.1. The number of Topliss-reactive ketones (excluding diaryl/α,β-unsaturated/α-hetero) is 1. The molecule has 1 amide bonds. The van der Waals surface area contributed by atoms with E-state index in [-0.39, 0.29) is 17.2 Å². The van der Waals surface area contributed by atoms with E-state index in [1.807, 2.05) is 0 Å². The van der Waals surface area contributed by atoms with Crippen LogP contribution >= 0.6 is 0 Å². The molecule has 0 aliphatic carbocycles. The van der Waals surface area contributed by atoms with Crippen LogP contribution in [0.1, 0.15) is 22.9 Å². The molecule has 0 spiro atoms. The van der Waals surface area contributed by atoms with Crippen LogP contribution in [0.2, 0.25) is 0 Å². The van der Waals surface area contributed by atoms with Gasteiger partial charge in [-0.05, 0) is 36.8 Å². The number of methoxy groups -OCH3 is 2. The Bertz CT molecular complexity index is 1200. The van der Waals surface area contributed by atoms with Crippen molar-refractivity contribution in [3.8, 4) is 11.5 Å². The molecule has 31 heavy (non-hydrogen) atoms. The van der Waals surface area contributed by atoms with Crippen LogP contribution in [0.3, 0.4) is 0 Å². The van der Waals surface area contributed by atoms with Crippen LogP contribution < -0.4 is 14.4 Å². The van der Waals surface area contributed by atoms with E-state index in [0.29, 0.717) is 28.4 Å². The van der Waals surface area contributed by atoms with Crippen molar-refractivity contribution in [1.82, 2.24) is 5.16 Å². The Balaban J connectivity index is 1.95. The third-order valence-electron chi connectivity index (χ3n) is 5.06. The van der Waals surface area contributed by atoms with E-state index in [9.17, 15) is 14.7 Å². The first kappa shape index (κ1) is 20.2. The van der Waals surface area contributed by atoms with Gasteiger partial charge in [0.15, 0.2) is 5.82 Å². The Morgan fingerprint density at radius 3 is 2.35 bits per heavy atom. The predicted octanol–water partition coefficient (Wildman–Crippen LogP) is 3.63. The van der Waals surface area contributed by atoms with Crippen molar-refractivity contribution in [3.05, 3.63) is 77.1 Å². The molecule has 8 heteroatoms. The summed E-state index contributed by atoms with van der Waals surface area (Å²) < 4.78 is 15.6. The molecule has 1 atom stereocenters. The van der Waals surface area contributed by atoms with Crippen molar-refractivity contribution in [1.29, 1.82) is 0 Å². The first-order chi connectivity index (χ1) is 14.9. The summed E-state index contributed by atoms with van der Waals surface area (Å²) in [6.45, 7) is 1.68. The van der Waals surface area contributed by atoms with Crippen LogP contribution in [-0.4, -0.2) is 36.2 Å². The predicted molar refractivity (Wildman–Crippen MR) is 112 cm³/mol. The zero-order valence-electron chi connectivity index (χ0n) is 17.2. The van der Waals surface area contributed by atoms with Gasteiger partial charge in [-0.25, -0.2) is 0 Å². The zero-order chi connectivity index (χ0) is 22.1. The van der Waals surface area contributed by atoms with Crippen molar-refractivity contribution < 1.29 is 28.7 Å². The minimum absolute atomic E-state index is 0.0628. The van der Waals surface area contributed by atoms with Crippen LogP contribution in [-0.2, 0) is 9.59 Å². The molecular formula is C23H20N2O6. The smallest absolute Gasteiger partial charge is 0.301 e. The van der Waals surface area contributed by atoms with Crippen molar-refractivity contribution >= 4 is 23.3 Å². The number of ketones is 1. The number of aryl methyl sites for hydroxylation is 1. The number of hydrogen-bond acceptors (Lipinski definition) is 7. The van der Waals surface area contributed by atoms with E-state index in [0.717, 1.165) is 0 Å². The fraction of sp³-hybridized carbons (Fsp3) is 0.174. The highest BCUT2D eigenvalue weighted by molar-refractivity contribution is 6.51. The molecule has 1 N–H and O–H groups in total. The number of carbonyl (C=O) groups is 2. The Kier molecular flexibility index (Phi) is 5.21. The highest BCUT2D eigenvalue weighted by atomic mass is 16.5. The number of anilines is 1. The summed E-state index contributed by atoms with van der Waals surface area (Å²) in [6, 6.07) is 14.2. The normalized spacial score (nSPS) is 17.8. The Morgan fingerprint density at radius 1 is 1.03 bits per heavy atom. The number of carbonyl (C=O) groups excluding carboxylic acids is 2. The number of rotatable bonds is 5. The molecule has 1 aliphatic heterocycles. The molecule has 2 aromatic carbocycles. The van der Waals surface area contributed by atoms with E-state index in [2.05, 4.69) is 5.16 Å². The molecule has 8 nitrogen and oxygen atoms in total. The minimum atomic E-state index is -0.925. The molecule has 1 saturated heterocycles. The molecule has 0 saturated carbocycles. The molecule has 4 rings (SSSR count). The lowest BCUT2D eigenvalue weighted by atomic mass is 9.95. The summed E-state index contributed by atoms with van der Waals surface area (Å²) >= 11 is 0. The van der Waals surface area contributed by atoms with Gasteiger partial charge in [0.25, 0.3) is 5.78 Å². The summed E-state index contributed by atoms with van der Waals surface area (Å²) in [5.74, 6) is -0.248. The second-order valence-corrected chi connectivity index (χ2v) is 6.97. The molecule has 158 valence electrons. The van der Waals surface area contributed by atoms with Crippen molar-refractivity contribution in [2.75, 3.05) is 19.1 Å². The van der Waals surface area contributed by atoms with Gasteiger partial charge in [-0.1, -0.05) is 29.4 Å². The molecule has 1 fully saturated rings. The summed E-state index contributed by atoms with van der Waals surface area (Å²) in [6.07, 6.45) is 0. The first-order valence-corrected chi connectivity index (χ1v) is 9.47. The Morgan fingerprint density at radius 2 is 1.71 bits per heavy atom. The standard InChI is InChI=1S/C23H20N2O6/c1-13-10-18(24-31-13)25-20(14-6-4-8-16(11-14)29-2)19(22(27)23(25)28)21(26)15-7-5-9-17(12-15)30-3/h4-12,20,26H,1-3H3/t20-/m1/s1. The number of aliphatic hydroxyl groups excluding tert-OH is 1. The quantitative estimate of drug-likeness (QED) is 0.382. The summed E-state index contributed by atoms with van der Waals surface area (Å²) in [5, 5.41) is 15.0. The number of ether oxygens (including phenoxy) is 2. The summed E-state index contributed by atoms with van der Waals surface area (Å²) in [5.41, 5.74) is 0.859. The lowest BCUT2D eigenvalue weighted by molar-refractivity contribution is -0.132. The first-order valence-electron chi connectivity index (χ1n) is 9.47. The molecule has 0 bridgehead atoms. The lowest BCUT2D eigenvalue weighted by Gasteiger charge is -2.23. The van der Waals surface area contributed by atoms with Gasteiger partial charge in [0.05, 0.1) is 25.8 Å². The molecule has 1 aliphatic rings. The molecule has 1 aromatic heterocycles. The van der Waals surface area contributed by atoms with Crippen LogP contribution in [0.5, 0.6) is 11.5 Å². The number of aliphatic hydroxyl groups is 1. The van der Waals surface area contributed by atoms with Gasteiger partial charge >= 0.3 is 5.91 Å². The highest BCUT2D eigenvalue weighted by Crippen LogP contribution is 2.42. The highest BCUT2D eigenvalue weighted by Gasteiger charge is 2.48. The van der Waals surface area contributed by atoms with Gasteiger partial charge < -0.3 is 19.1 Å². The fourth-order valence-corrected chi connectivity index (χ4v) is 3.59. The van der Waals surface area contributed by atoms with Gasteiger partial charge in [0, 0.05) is 11.6 Å². The number of hydrogen-bond donors (Lipinski definition) is 1. The number of aromatic nitrogens is 1. The van der Waals surface area contributed by atoms with Crippen molar-refractivity contribution in [2.45, 2.75) is 13.0 Å². The van der Waals surface area contributed by atoms with Crippen LogP contribution in [0.25, 0.3) is 5.76 Å². The number of benzene rings is 2. The molecular weight excluding hydrogens is 400 g/mol. The van der Waals surface area contributed by atoms with Gasteiger partial charge in [-0.3, -0.25) is 14.5 Å². The van der Waals surface area contributed by atoms with E-state index in [1.54, 1.807) is 61.5 Å². The maximum Gasteiger partial charge on any atom is 0.301 e. The van der Waals surface area contributed by atoms with Gasteiger partial charge in [0.2, 0.25) is 0 Å². The zero-order valence-corrected chi connectivity index (χ0v) is 17.2. The topological polar surface area (TPSA) is 102 Å². The average Bonchev–Trinajstić information content (AvgIpc) is 3.34. The third kappa shape index (κ3) is 3.52. The number of nitrogens with zero attached hydrogens (tertiary/aromatic N) is 2. The van der Waals surface area contributed by atoms with E-state index < -0.39 is 17.7 Å². The summed E-state index contributed by atoms with van der Waals surface area (Å²) in [7, 11) is 3.02. The molecule has 0 unspecified atom stereocenters. The largest absolute Gasteiger partial charge is 0.507 e. The van der Waals surface area contributed by atoms with Crippen molar-refractivity contribution in [2.24, 2.45) is 0 Å². The second-order valence-electron chi connectivity index (χ2n) is 6.97. The maximum absolute atomic E-state index is 13.1. The fourth-order valence-electron chi connectivity index (χ4n) is 3.59. The van der Waals surface area contributed by atoms with Gasteiger partial charge in [-0.15, -0.1) is 0 Å². The van der Waals surface area contributed by atoms with Crippen molar-refractivity contribution in [3.63, 3.8) is 0 Å². The molecule has 2 heterocycles. The Labute approximate surface area is 178 Å². The monoisotopic (exact) mass is 420 g/mol.